The molecule has 27 heavy (non-hydrogen) atoms. The molecular weight excluding hydrogens is 362 g/mol. The van der Waals surface area contributed by atoms with Gasteiger partial charge in [0, 0.05) is 24.1 Å². The molecule has 0 spiro atoms. The lowest BCUT2D eigenvalue weighted by Crippen LogP contribution is -2.28. The summed E-state index contributed by atoms with van der Waals surface area (Å²) in [5.74, 6) is -0.349. The molecule has 0 aliphatic carbocycles. The maximum absolute atomic E-state index is 12.5. The maximum Gasteiger partial charge on any atom is 0.240 e. The van der Waals surface area contributed by atoms with Crippen LogP contribution >= 0.6 is 11.8 Å². The summed E-state index contributed by atoms with van der Waals surface area (Å²) < 4.78 is 5.54. The van der Waals surface area contributed by atoms with Gasteiger partial charge in [0.05, 0.1) is 12.6 Å². The molecule has 0 bridgehead atoms. The number of hydrogen-bond acceptors (Lipinski definition) is 5. The highest BCUT2D eigenvalue weighted by Gasteiger charge is 2.32. The van der Waals surface area contributed by atoms with Gasteiger partial charge in [-0.05, 0) is 24.3 Å². The van der Waals surface area contributed by atoms with Crippen LogP contribution in [0.4, 0.5) is 5.69 Å². The van der Waals surface area contributed by atoms with Gasteiger partial charge in [-0.3, -0.25) is 14.6 Å². The van der Waals surface area contributed by atoms with E-state index < -0.39 is 5.25 Å². The number of anilines is 1. The predicted octanol–water partition coefficient (Wildman–Crippen LogP) is 2.94. The Hall–Kier alpha value is -2.38. The van der Waals surface area contributed by atoms with Crippen LogP contribution < -0.4 is 10.6 Å². The third-order valence-corrected chi connectivity index (χ3v) is 5.79. The molecule has 0 radical (unpaired) electrons. The van der Waals surface area contributed by atoms with Gasteiger partial charge in [-0.1, -0.05) is 48.2 Å². The summed E-state index contributed by atoms with van der Waals surface area (Å²) in [5, 5.41) is 7.87. The first kappa shape index (κ1) is 18.0. The fourth-order valence-electron chi connectivity index (χ4n) is 3.29. The lowest BCUT2D eigenvalue weighted by Gasteiger charge is -2.10. The van der Waals surface area contributed by atoms with Crippen LogP contribution in [0.3, 0.4) is 0 Å². The average molecular weight is 383 g/mol. The molecule has 6 nitrogen and oxygen atoms in total. The molecule has 0 saturated carbocycles. The molecule has 2 fully saturated rings. The molecule has 140 valence electrons. The van der Waals surface area contributed by atoms with E-state index in [-0.39, 0.29) is 24.3 Å². The molecule has 0 unspecified atom stereocenters. The Balaban J connectivity index is 1.36. The number of rotatable bonds is 5. The first-order chi connectivity index (χ1) is 13.2. The average Bonchev–Trinajstić information content (AvgIpc) is 3.30. The van der Waals surface area contributed by atoms with Gasteiger partial charge in [-0.25, -0.2) is 0 Å². The van der Waals surface area contributed by atoms with Crippen molar-refractivity contribution in [3.05, 3.63) is 42.5 Å². The summed E-state index contributed by atoms with van der Waals surface area (Å²) in [6.45, 7) is 1.34. The van der Waals surface area contributed by atoms with E-state index in [0.717, 1.165) is 35.9 Å². The van der Waals surface area contributed by atoms with Crippen LogP contribution in [-0.4, -0.2) is 41.5 Å². The maximum atomic E-state index is 12.5. The quantitative estimate of drug-likeness (QED) is 0.832. The lowest BCUT2D eigenvalue weighted by atomic mass is 10.1. The van der Waals surface area contributed by atoms with E-state index >= 15 is 0 Å². The summed E-state index contributed by atoms with van der Waals surface area (Å²) in [6.07, 6.45) is 2.32. The summed E-state index contributed by atoms with van der Waals surface area (Å²) in [4.78, 5) is 29.1. The summed E-state index contributed by atoms with van der Waals surface area (Å²) in [6, 6.07) is 13.7. The Morgan fingerprint density at radius 1 is 1.26 bits per heavy atom. The first-order valence-corrected chi connectivity index (χ1v) is 9.98. The number of ether oxygens (including phenoxy) is 1. The second-order valence-electron chi connectivity index (χ2n) is 6.66. The molecular formula is C20H21N3O3S. The molecule has 4 rings (SSSR count). The lowest BCUT2D eigenvalue weighted by molar-refractivity contribution is -0.122. The van der Waals surface area contributed by atoms with Gasteiger partial charge in [-0.15, -0.1) is 0 Å². The molecule has 2 N–H and O–H groups in total. The predicted molar refractivity (Wildman–Crippen MR) is 108 cm³/mol. The van der Waals surface area contributed by atoms with Crippen molar-refractivity contribution in [1.29, 1.82) is 0 Å². The van der Waals surface area contributed by atoms with E-state index in [1.54, 1.807) is 0 Å². The zero-order chi connectivity index (χ0) is 18.6. The number of amidine groups is 1. The van der Waals surface area contributed by atoms with Crippen molar-refractivity contribution in [1.82, 2.24) is 5.32 Å². The van der Waals surface area contributed by atoms with E-state index in [0.29, 0.717) is 11.7 Å². The van der Waals surface area contributed by atoms with Crippen LogP contribution in [0.25, 0.3) is 10.8 Å². The van der Waals surface area contributed by atoms with E-state index in [4.69, 9.17) is 4.74 Å². The minimum Gasteiger partial charge on any atom is -0.376 e. The van der Waals surface area contributed by atoms with Crippen molar-refractivity contribution in [2.45, 2.75) is 30.6 Å². The standard InChI is InChI=1S/C20H21N3O3S/c24-18(22-16-9-3-6-13-5-1-2-8-15(13)16)11-17-19(25)23-20(27-17)21-12-14-7-4-10-26-14/h1-3,5-6,8-9,14,17H,4,7,10-12H2,(H,22,24)(H,21,23,25)/t14-,17-/m0/s1. The molecule has 0 aromatic heterocycles. The van der Waals surface area contributed by atoms with Gasteiger partial charge >= 0.3 is 0 Å². The topological polar surface area (TPSA) is 79.8 Å². The van der Waals surface area contributed by atoms with Gasteiger partial charge in [0.15, 0.2) is 5.17 Å². The Bertz CT molecular complexity index is 888. The number of amides is 2. The normalized spacial score (nSPS) is 23.7. The molecule has 2 aromatic rings. The summed E-state index contributed by atoms with van der Waals surface area (Å²) >= 11 is 1.32. The van der Waals surface area contributed by atoms with E-state index in [2.05, 4.69) is 15.6 Å². The number of aliphatic imine (C=N–C) groups is 1. The fourth-order valence-corrected chi connectivity index (χ4v) is 4.27. The second kappa shape index (κ2) is 8.10. The Morgan fingerprint density at radius 2 is 2.11 bits per heavy atom. The largest absolute Gasteiger partial charge is 0.376 e. The highest BCUT2D eigenvalue weighted by atomic mass is 32.2. The van der Waals surface area contributed by atoms with Crippen molar-refractivity contribution in [2.75, 3.05) is 18.5 Å². The Kier molecular flexibility index (Phi) is 5.40. The number of carbonyl (C=O) groups excluding carboxylic acids is 2. The van der Waals surface area contributed by atoms with Gasteiger partial charge in [-0.2, -0.15) is 0 Å². The van der Waals surface area contributed by atoms with Crippen LogP contribution in [0, 0.1) is 0 Å². The highest BCUT2D eigenvalue weighted by Crippen LogP contribution is 2.26. The van der Waals surface area contributed by atoms with Crippen molar-refractivity contribution >= 4 is 45.2 Å². The van der Waals surface area contributed by atoms with E-state index in [1.165, 1.54) is 11.8 Å². The number of benzene rings is 2. The molecule has 2 heterocycles. The van der Waals surface area contributed by atoms with Crippen molar-refractivity contribution in [3.63, 3.8) is 0 Å². The highest BCUT2D eigenvalue weighted by molar-refractivity contribution is 8.15. The number of hydrogen-bond donors (Lipinski definition) is 2. The van der Waals surface area contributed by atoms with Crippen LogP contribution in [0.2, 0.25) is 0 Å². The van der Waals surface area contributed by atoms with Crippen LogP contribution in [0.5, 0.6) is 0 Å². The van der Waals surface area contributed by atoms with Crippen molar-refractivity contribution < 1.29 is 14.3 Å². The van der Waals surface area contributed by atoms with Gasteiger partial charge in [0.25, 0.3) is 0 Å². The van der Waals surface area contributed by atoms with Crippen molar-refractivity contribution in [3.8, 4) is 0 Å². The van der Waals surface area contributed by atoms with Gasteiger partial charge in [0.1, 0.15) is 5.25 Å². The fraction of sp³-hybridized carbons (Fsp3) is 0.350. The number of nitrogens with zero attached hydrogens (tertiary/aromatic N) is 1. The number of fused-ring (bicyclic) bond motifs is 1. The zero-order valence-corrected chi connectivity index (χ0v) is 15.6. The summed E-state index contributed by atoms with van der Waals surface area (Å²) in [5.41, 5.74) is 0.758. The molecule has 2 amide bonds. The zero-order valence-electron chi connectivity index (χ0n) is 14.8. The monoisotopic (exact) mass is 383 g/mol. The number of nitrogens with one attached hydrogen (secondary N) is 2. The molecule has 2 aliphatic heterocycles. The van der Waals surface area contributed by atoms with Crippen molar-refractivity contribution in [2.24, 2.45) is 4.99 Å². The minimum absolute atomic E-state index is 0.110. The first-order valence-electron chi connectivity index (χ1n) is 9.10. The van der Waals surface area contributed by atoms with Gasteiger partial charge in [0.2, 0.25) is 11.8 Å². The number of thioether (sulfide) groups is 1. The Labute approximate surface area is 161 Å². The second-order valence-corrected chi connectivity index (χ2v) is 7.85. The van der Waals surface area contributed by atoms with Crippen LogP contribution in [-0.2, 0) is 14.3 Å². The molecule has 2 saturated heterocycles. The van der Waals surface area contributed by atoms with Crippen LogP contribution in [0.15, 0.2) is 47.5 Å². The third-order valence-electron chi connectivity index (χ3n) is 4.67. The van der Waals surface area contributed by atoms with Crippen LogP contribution in [0.1, 0.15) is 19.3 Å². The smallest absolute Gasteiger partial charge is 0.240 e. The SMILES string of the molecule is O=C(C[C@@H]1SC(=NC[C@@H]2CCCO2)NC1=O)Nc1cccc2ccccc12. The van der Waals surface area contributed by atoms with E-state index in [9.17, 15) is 9.59 Å². The summed E-state index contributed by atoms with van der Waals surface area (Å²) in [7, 11) is 0. The van der Waals surface area contributed by atoms with Gasteiger partial charge < -0.3 is 15.4 Å². The molecule has 2 aromatic carbocycles. The molecule has 2 aliphatic rings. The minimum atomic E-state index is -0.455. The van der Waals surface area contributed by atoms with E-state index in [1.807, 2.05) is 42.5 Å². The molecule has 2 atom stereocenters. The molecule has 7 heteroatoms. The Morgan fingerprint density at radius 3 is 2.96 bits per heavy atom. The number of carbonyl (C=O) groups is 2. The third kappa shape index (κ3) is 4.31.